The normalized spacial score (nSPS) is 10.7. The van der Waals surface area contributed by atoms with Gasteiger partial charge < -0.3 is 0 Å². The molecule has 0 aliphatic heterocycles. The van der Waals surface area contributed by atoms with E-state index in [1.807, 2.05) is 41.3 Å². The topological polar surface area (TPSA) is 46.1 Å². The summed E-state index contributed by atoms with van der Waals surface area (Å²) in [4.78, 5) is 14.7. The van der Waals surface area contributed by atoms with Crippen LogP contribution in [-0.2, 0) is 11.2 Å². The van der Waals surface area contributed by atoms with Gasteiger partial charge >= 0.3 is 0 Å². The predicted octanol–water partition coefficient (Wildman–Crippen LogP) is 5.28. The van der Waals surface area contributed by atoms with Crippen molar-refractivity contribution >= 4 is 22.4 Å². The Bertz CT molecular complexity index is 876. The molecule has 0 atom stereocenters. The summed E-state index contributed by atoms with van der Waals surface area (Å²) in [5.74, 6) is 0.111. The molecule has 27 heavy (non-hydrogen) atoms. The number of amides is 1. The van der Waals surface area contributed by atoms with E-state index < -0.39 is 0 Å². The van der Waals surface area contributed by atoms with E-state index in [9.17, 15) is 4.79 Å². The van der Waals surface area contributed by atoms with Gasteiger partial charge in [-0.1, -0.05) is 79.3 Å². The Morgan fingerprint density at radius 2 is 1.78 bits per heavy atom. The minimum Gasteiger partial charge on any atom is -0.287 e. The Balaban J connectivity index is 1.76. The van der Waals surface area contributed by atoms with Crippen molar-refractivity contribution in [3.05, 3.63) is 65.7 Å². The van der Waals surface area contributed by atoms with Gasteiger partial charge in [0.2, 0.25) is 11.0 Å². The van der Waals surface area contributed by atoms with Gasteiger partial charge in [0.25, 0.3) is 0 Å². The van der Waals surface area contributed by atoms with Crippen molar-refractivity contribution in [3.63, 3.8) is 0 Å². The Hall–Kier alpha value is -2.53. The summed E-state index contributed by atoms with van der Waals surface area (Å²) in [6.45, 7) is 4.88. The summed E-state index contributed by atoms with van der Waals surface area (Å²) in [5, 5.41) is 10.2. The summed E-state index contributed by atoms with van der Waals surface area (Å²) in [6.07, 6.45) is 3.21. The van der Waals surface area contributed by atoms with E-state index in [2.05, 4.69) is 42.2 Å². The number of rotatable bonds is 8. The van der Waals surface area contributed by atoms with Crippen LogP contribution in [0.15, 0.2) is 54.6 Å². The average molecular weight is 380 g/mol. The molecule has 0 radical (unpaired) electrons. The fraction of sp³-hybridized carbons (Fsp3) is 0.318. The smallest absolute Gasteiger partial charge is 0.229 e. The summed E-state index contributed by atoms with van der Waals surface area (Å²) < 4.78 is 0. The van der Waals surface area contributed by atoms with Crippen molar-refractivity contribution in [2.24, 2.45) is 0 Å². The number of benzene rings is 2. The Labute approximate surface area is 164 Å². The van der Waals surface area contributed by atoms with Gasteiger partial charge in [-0.05, 0) is 30.9 Å². The number of carbonyl (C=O) groups excluding carboxylic acids is 1. The molecular weight excluding hydrogens is 354 g/mol. The Morgan fingerprint density at radius 3 is 2.52 bits per heavy atom. The molecule has 0 N–H and O–H groups in total. The molecule has 0 fully saturated rings. The zero-order chi connectivity index (χ0) is 19.1. The van der Waals surface area contributed by atoms with Gasteiger partial charge in [-0.15, -0.1) is 10.2 Å². The molecule has 3 rings (SSSR count). The maximum absolute atomic E-state index is 12.9. The van der Waals surface area contributed by atoms with Crippen molar-refractivity contribution in [1.82, 2.24) is 10.2 Å². The van der Waals surface area contributed by atoms with Crippen LogP contribution in [0, 0.1) is 6.92 Å². The summed E-state index contributed by atoms with van der Waals surface area (Å²) in [6, 6.07) is 18.3. The third-order valence-electron chi connectivity index (χ3n) is 4.53. The lowest BCUT2D eigenvalue weighted by molar-refractivity contribution is -0.118. The number of nitrogens with zero attached hydrogens (tertiary/aromatic N) is 3. The lowest BCUT2D eigenvalue weighted by Crippen LogP contribution is -2.32. The fourth-order valence-electron chi connectivity index (χ4n) is 2.92. The minimum absolute atomic E-state index is 0.111. The van der Waals surface area contributed by atoms with E-state index in [0.29, 0.717) is 18.1 Å². The van der Waals surface area contributed by atoms with Gasteiger partial charge in [0.1, 0.15) is 5.01 Å². The van der Waals surface area contributed by atoms with Crippen molar-refractivity contribution < 1.29 is 4.79 Å². The van der Waals surface area contributed by atoms with Crippen LogP contribution in [0.4, 0.5) is 5.13 Å². The zero-order valence-electron chi connectivity index (χ0n) is 15.9. The van der Waals surface area contributed by atoms with Crippen molar-refractivity contribution in [2.45, 2.75) is 39.5 Å². The number of hydrogen-bond donors (Lipinski definition) is 0. The second kappa shape index (κ2) is 9.42. The molecule has 1 amide bonds. The van der Waals surface area contributed by atoms with Crippen LogP contribution in [0.5, 0.6) is 0 Å². The van der Waals surface area contributed by atoms with Crippen molar-refractivity contribution in [2.75, 3.05) is 11.4 Å². The first-order chi connectivity index (χ1) is 13.2. The molecule has 5 heteroatoms. The highest BCUT2D eigenvalue weighted by atomic mass is 32.1. The first-order valence-electron chi connectivity index (χ1n) is 9.43. The molecule has 1 aromatic heterocycles. The molecule has 0 unspecified atom stereocenters. The molecule has 4 nitrogen and oxygen atoms in total. The zero-order valence-corrected chi connectivity index (χ0v) is 16.7. The molecule has 0 saturated carbocycles. The Morgan fingerprint density at radius 1 is 1.04 bits per heavy atom. The lowest BCUT2D eigenvalue weighted by Gasteiger charge is -2.19. The summed E-state index contributed by atoms with van der Waals surface area (Å²) in [5.41, 5.74) is 3.42. The molecule has 0 spiro atoms. The third-order valence-corrected chi connectivity index (χ3v) is 5.51. The van der Waals surface area contributed by atoms with Gasteiger partial charge in [0.15, 0.2) is 0 Å². The number of hydrogen-bond acceptors (Lipinski definition) is 4. The fourth-order valence-corrected chi connectivity index (χ4v) is 3.90. The predicted molar refractivity (Wildman–Crippen MR) is 112 cm³/mol. The van der Waals surface area contributed by atoms with Crippen LogP contribution in [0.25, 0.3) is 10.6 Å². The SMILES string of the molecule is CCCCN(C(=O)CCc1ccccc1)c1nnc(-c2ccccc2C)s1. The van der Waals surface area contributed by atoms with Gasteiger partial charge in [-0.3, -0.25) is 9.69 Å². The van der Waals surface area contributed by atoms with Gasteiger partial charge in [-0.25, -0.2) is 0 Å². The number of aromatic nitrogens is 2. The van der Waals surface area contributed by atoms with Gasteiger partial charge in [0, 0.05) is 18.5 Å². The average Bonchev–Trinajstić information content (AvgIpc) is 3.17. The highest BCUT2D eigenvalue weighted by molar-refractivity contribution is 7.18. The molecule has 0 aliphatic rings. The molecule has 1 heterocycles. The number of anilines is 1. The highest BCUT2D eigenvalue weighted by Gasteiger charge is 2.20. The summed E-state index contributed by atoms with van der Waals surface area (Å²) >= 11 is 1.49. The first kappa shape index (κ1) is 19.2. The van der Waals surface area contributed by atoms with E-state index >= 15 is 0 Å². The van der Waals surface area contributed by atoms with E-state index in [4.69, 9.17) is 0 Å². The second-order valence-electron chi connectivity index (χ2n) is 6.59. The minimum atomic E-state index is 0.111. The van der Waals surface area contributed by atoms with Gasteiger partial charge in [0.05, 0.1) is 0 Å². The van der Waals surface area contributed by atoms with Crippen LogP contribution < -0.4 is 4.90 Å². The van der Waals surface area contributed by atoms with Crippen LogP contribution in [0.1, 0.15) is 37.3 Å². The van der Waals surface area contributed by atoms with E-state index in [1.54, 1.807) is 0 Å². The lowest BCUT2D eigenvalue weighted by atomic mass is 10.1. The largest absolute Gasteiger partial charge is 0.287 e. The van der Waals surface area contributed by atoms with Crippen LogP contribution in [0.2, 0.25) is 0 Å². The Kier molecular flexibility index (Phi) is 6.71. The van der Waals surface area contributed by atoms with E-state index in [1.165, 1.54) is 16.9 Å². The van der Waals surface area contributed by atoms with Crippen LogP contribution in [0.3, 0.4) is 0 Å². The first-order valence-corrected chi connectivity index (χ1v) is 10.2. The van der Waals surface area contributed by atoms with Crippen LogP contribution in [-0.4, -0.2) is 22.6 Å². The summed E-state index contributed by atoms with van der Waals surface area (Å²) in [7, 11) is 0. The van der Waals surface area contributed by atoms with Crippen molar-refractivity contribution in [3.8, 4) is 10.6 Å². The second-order valence-corrected chi connectivity index (χ2v) is 7.55. The molecule has 0 bridgehead atoms. The number of carbonyl (C=O) groups is 1. The van der Waals surface area contributed by atoms with Crippen LogP contribution >= 0.6 is 11.3 Å². The molecule has 140 valence electrons. The maximum Gasteiger partial charge on any atom is 0.229 e. The monoisotopic (exact) mass is 379 g/mol. The van der Waals surface area contributed by atoms with E-state index in [0.717, 1.165) is 35.4 Å². The molecule has 0 saturated heterocycles. The molecular formula is C22H25N3OS. The maximum atomic E-state index is 12.9. The molecule has 2 aromatic carbocycles. The molecule has 3 aromatic rings. The quantitative estimate of drug-likeness (QED) is 0.535. The van der Waals surface area contributed by atoms with Gasteiger partial charge in [-0.2, -0.15) is 0 Å². The highest BCUT2D eigenvalue weighted by Crippen LogP contribution is 2.31. The van der Waals surface area contributed by atoms with Crippen molar-refractivity contribution in [1.29, 1.82) is 0 Å². The van der Waals surface area contributed by atoms with E-state index in [-0.39, 0.29) is 5.91 Å². The number of unbranched alkanes of at least 4 members (excludes halogenated alkanes) is 1. The standard InChI is InChI=1S/C22H25N3OS/c1-3-4-16-25(20(26)15-14-18-11-6-5-7-12-18)22-24-23-21(27-22)19-13-9-8-10-17(19)2/h5-13H,3-4,14-16H2,1-2H3. The molecule has 0 aliphatic carbocycles. The number of aryl methyl sites for hydroxylation is 2. The third kappa shape index (κ3) is 5.01.